The van der Waals surface area contributed by atoms with E-state index in [2.05, 4.69) is 9.71 Å². The van der Waals surface area contributed by atoms with Crippen molar-refractivity contribution in [1.82, 2.24) is 4.98 Å². The predicted molar refractivity (Wildman–Crippen MR) is 93.1 cm³/mol. The van der Waals surface area contributed by atoms with Gasteiger partial charge in [-0.15, -0.1) is 0 Å². The minimum atomic E-state index is -3.39. The quantitative estimate of drug-likeness (QED) is 0.624. The molecule has 0 aliphatic carbocycles. The second-order valence-corrected chi connectivity index (χ2v) is 7.30. The molecule has 1 aromatic heterocycles. The van der Waals surface area contributed by atoms with Crippen molar-refractivity contribution in [2.45, 2.75) is 20.0 Å². The van der Waals surface area contributed by atoms with Gasteiger partial charge in [0.15, 0.2) is 6.10 Å². The first-order chi connectivity index (χ1) is 11.7. The number of esters is 1. The number of nitrogens with zero attached hydrogens (tertiary/aromatic N) is 1. The van der Waals surface area contributed by atoms with Crippen molar-refractivity contribution in [2.75, 3.05) is 11.0 Å². The Hall–Kier alpha value is -2.74. The van der Waals surface area contributed by atoms with E-state index in [4.69, 9.17) is 4.74 Å². The van der Waals surface area contributed by atoms with Crippen LogP contribution in [0.15, 0.2) is 42.6 Å². The number of pyridine rings is 1. The summed E-state index contributed by atoms with van der Waals surface area (Å²) in [6.07, 6.45) is 1.44. The van der Waals surface area contributed by atoms with E-state index in [1.807, 2.05) is 0 Å². The number of anilines is 1. The van der Waals surface area contributed by atoms with Crippen LogP contribution in [-0.4, -0.2) is 37.5 Å². The molecule has 0 saturated heterocycles. The summed E-state index contributed by atoms with van der Waals surface area (Å²) in [5, 5.41) is 0. The zero-order valence-corrected chi connectivity index (χ0v) is 14.8. The lowest BCUT2D eigenvalue weighted by atomic mass is 10.1. The van der Waals surface area contributed by atoms with Crippen LogP contribution >= 0.6 is 0 Å². The number of carbonyl (C=O) groups excluding carboxylic acids is 2. The smallest absolute Gasteiger partial charge is 0.340 e. The molecular formula is C17H18N2O5S. The predicted octanol–water partition coefficient (Wildman–Crippen LogP) is 2.19. The van der Waals surface area contributed by atoms with Crippen LogP contribution in [0.1, 0.15) is 33.3 Å². The summed E-state index contributed by atoms with van der Waals surface area (Å²) in [5.74, 6) is -1.02. The van der Waals surface area contributed by atoms with Gasteiger partial charge in [-0.05, 0) is 50.2 Å². The van der Waals surface area contributed by atoms with Crippen molar-refractivity contribution in [3.63, 3.8) is 0 Å². The molecule has 1 N–H and O–H groups in total. The number of benzene rings is 1. The van der Waals surface area contributed by atoms with E-state index in [1.54, 1.807) is 19.1 Å². The number of ether oxygens (including phenoxy) is 1. The number of ketones is 1. The van der Waals surface area contributed by atoms with Crippen molar-refractivity contribution >= 4 is 27.5 Å². The van der Waals surface area contributed by atoms with Gasteiger partial charge in [0.05, 0.1) is 11.8 Å². The topological polar surface area (TPSA) is 102 Å². The fourth-order valence-electron chi connectivity index (χ4n) is 2.02. The molecule has 1 unspecified atom stereocenters. The van der Waals surface area contributed by atoms with Crippen LogP contribution in [0.5, 0.6) is 0 Å². The van der Waals surface area contributed by atoms with Gasteiger partial charge in [-0.25, -0.2) is 13.2 Å². The SMILES string of the molecule is Cc1ccc(C(=O)OC(C)C(=O)c2ccc(NS(C)(=O)=O)cc2)cn1. The molecular weight excluding hydrogens is 344 g/mol. The molecule has 1 atom stereocenters. The van der Waals surface area contributed by atoms with Crippen molar-refractivity contribution in [3.05, 3.63) is 59.4 Å². The average molecular weight is 362 g/mol. The Kier molecular flexibility index (Phi) is 5.53. The number of aryl methyl sites for hydroxylation is 1. The third kappa shape index (κ3) is 5.39. The minimum Gasteiger partial charge on any atom is -0.451 e. The van der Waals surface area contributed by atoms with Gasteiger partial charge in [0.25, 0.3) is 0 Å². The van der Waals surface area contributed by atoms with E-state index in [0.29, 0.717) is 11.3 Å². The van der Waals surface area contributed by atoms with Gasteiger partial charge < -0.3 is 4.74 Å². The Labute approximate surface area is 146 Å². The second kappa shape index (κ2) is 7.43. The molecule has 2 aromatic rings. The lowest BCUT2D eigenvalue weighted by Crippen LogP contribution is -2.24. The van der Waals surface area contributed by atoms with Gasteiger partial charge in [-0.2, -0.15) is 0 Å². The molecule has 7 nitrogen and oxygen atoms in total. The largest absolute Gasteiger partial charge is 0.451 e. The number of carbonyl (C=O) groups is 2. The van der Waals surface area contributed by atoms with Gasteiger partial charge in [0, 0.05) is 23.1 Å². The molecule has 2 rings (SSSR count). The van der Waals surface area contributed by atoms with E-state index >= 15 is 0 Å². The van der Waals surface area contributed by atoms with Gasteiger partial charge in [0.2, 0.25) is 15.8 Å². The van der Waals surface area contributed by atoms with Gasteiger partial charge in [-0.1, -0.05) is 0 Å². The molecule has 0 aliphatic heterocycles. The number of sulfonamides is 1. The van der Waals surface area contributed by atoms with E-state index < -0.39 is 22.1 Å². The number of Topliss-reactive ketones (excluding diaryl/α,β-unsaturated/α-hetero) is 1. The molecule has 0 amide bonds. The zero-order valence-electron chi connectivity index (χ0n) is 14.0. The van der Waals surface area contributed by atoms with Gasteiger partial charge >= 0.3 is 5.97 Å². The summed E-state index contributed by atoms with van der Waals surface area (Å²) < 4.78 is 29.8. The van der Waals surface area contributed by atoms with E-state index in [-0.39, 0.29) is 11.3 Å². The van der Waals surface area contributed by atoms with Crippen LogP contribution in [0.2, 0.25) is 0 Å². The lowest BCUT2D eigenvalue weighted by Gasteiger charge is -2.13. The summed E-state index contributed by atoms with van der Waals surface area (Å²) in [6, 6.07) is 9.12. The van der Waals surface area contributed by atoms with E-state index in [9.17, 15) is 18.0 Å². The highest BCUT2D eigenvalue weighted by molar-refractivity contribution is 7.92. The molecule has 1 aromatic carbocycles. The van der Waals surface area contributed by atoms with Crippen LogP contribution in [0.4, 0.5) is 5.69 Å². The molecule has 25 heavy (non-hydrogen) atoms. The van der Waals surface area contributed by atoms with Crippen molar-refractivity contribution in [1.29, 1.82) is 0 Å². The number of hydrogen-bond acceptors (Lipinski definition) is 6. The first-order valence-corrected chi connectivity index (χ1v) is 9.30. The third-order valence-corrected chi connectivity index (χ3v) is 3.88. The number of hydrogen-bond donors (Lipinski definition) is 1. The molecule has 0 bridgehead atoms. The Bertz CT molecular complexity index is 874. The van der Waals surface area contributed by atoms with Crippen LogP contribution < -0.4 is 4.72 Å². The standard InChI is InChI=1S/C17H18N2O5S/c1-11-4-5-14(10-18-11)17(21)24-12(2)16(20)13-6-8-15(9-7-13)19-25(3,22)23/h4-10,12,19H,1-3H3. The summed E-state index contributed by atoms with van der Waals surface area (Å²) in [4.78, 5) is 28.4. The highest BCUT2D eigenvalue weighted by atomic mass is 32.2. The molecule has 0 aliphatic rings. The second-order valence-electron chi connectivity index (χ2n) is 5.55. The molecule has 132 valence electrons. The third-order valence-electron chi connectivity index (χ3n) is 3.27. The van der Waals surface area contributed by atoms with Crippen molar-refractivity contribution in [3.8, 4) is 0 Å². The van der Waals surface area contributed by atoms with Crippen LogP contribution in [0.3, 0.4) is 0 Å². The first kappa shape index (κ1) is 18.6. The maximum Gasteiger partial charge on any atom is 0.340 e. The maximum atomic E-state index is 12.3. The van der Waals surface area contributed by atoms with Crippen molar-refractivity contribution in [2.24, 2.45) is 0 Å². The summed E-state index contributed by atoms with van der Waals surface area (Å²) >= 11 is 0. The zero-order chi connectivity index (χ0) is 18.6. The van der Waals surface area contributed by atoms with Gasteiger partial charge in [-0.3, -0.25) is 14.5 Å². The summed E-state index contributed by atoms with van der Waals surface area (Å²) in [7, 11) is -3.39. The first-order valence-electron chi connectivity index (χ1n) is 7.41. The fraction of sp³-hybridized carbons (Fsp3) is 0.235. The van der Waals surface area contributed by atoms with Crippen LogP contribution in [0.25, 0.3) is 0 Å². The molecule has 1 heterocycles. The summed E-state index contributed by atoms with van der Waals surface area (Å²) in [5.41, 5.74) is 1.68. The number of nitrogens with one attached hydrogen (secondary N) is 1. The van der Waals surface area contributed by atoms with Crippen LogP contribution in [-0.2, 0) is 14.8 Å². The van der Waals surface area contributed by atoms with Crippen molar-refractivity contribution < 1.29 is 22.7 Å². The Morgan fingerprint density at radius 3 is 2.20 bits per heavy atom. The van der Waals surface area contributed by atoms with Gasteiger partial charge in [0.1, 0.15) is 0 Å². The Balaban J connectivity index is 2.04. The maximum absolute atomic E-state index is 12.3. The minimum absolute atomic E-state index is 0.262. The monoisotopic (exact) mass is 362 g/mol. The Morgan fingerprint density at radius 1 is 1.08 bits per heavy atom. The van der Waals surface area contributed by atoms with E-state index in [0.717, 1.165) is 11.9 Å². The highest BCUT2D eigenvalue weighted by Crippen LogP contribution is 2.14. The van der Waals surface area contributed by atoms with Crippen LogP contribution in [0, 0.1) is 6.92 Å². The molecule has 0 spiro atoms. The lowest BCUT2D eigenvalue weighted by molar-refractivity contribution is 0.0318. The molecule has 8 heteroatoms. The number of aromatic nitrogens is 1. The normalized spacial score (nSPS) is 12.3. The average Bonchev–Trinajstić information content (AvgIpc) is 2.54. The molecule has 0 fully saturated rings. The summed E-state index contributed by atoms with van der Waals surface area (Å²) in [6.45, 7) is 3.27. The highest BCUT2D eigenvalue weighted by Gasteiger charge is 2.20. The fourth-order valence-corrected chi connectivity index (χ4v) is 2.59. The molecule has 0 saturated carbocycles. The van der Waals surface area contributed by atoms with E-state index in [1.165, 1.54) is 37.4 Å². The number of rotatable bonds is 6. The Morgan fingerprint density at radius 2 is 1.68 bits per heavy atom. The molecule has 0 radical (unpaired) electrons.